The lowest BCUT2D eigenvalue weighted by molar-refractivity contribution is 0.0912. The van der Waals surface area contributed by atoms with Crippen molar-refractivity contribution in [1.82, 2.24) is 4.90 Å². The minimum Gasteiger partial charge on any atom is -0.497 e. The first-order valence-corrected chi connectivity index (χ1v) is 7.23. The Balaban J connectivity index is 1.93. The number of hydrogen-bond donors (Lipinski definition) is 1. The number of methoxy groups -OCH3 is 1. The molecule has 0 aromatic heterocycles. The Kier molecular flexibility index (Phi) is 5.23. The lowest BCUT2D eigenvalue weighted by atomic mass is 9.94. The molecule has 1 aliphatic carbocycles. The third-order valence-electron chi connectivity index (χ3n) is 4.14. The number of nitrogens with zero attached hydrogens (tertiary/aromatic N) is 1. The molecule has 1 aliphatic rings. The molecule has 0 spiro atoms. The maximum Gasteiger partial charge on any atom is 0.119 e. The normalized spacial score (nSPS) is 18.5. The highest BCUT2D eigenvalue weighted by Gasteiger charge is 2.20. The van der Waals surface area contributed by atoms with Crippen LogP contribution in [0.15, 0.2) is 24.3 Å². The van der Waals surface area contributed by atoms with Gasteiger partial charge in [0, 0.05) is 12.6 Å². The average Bonchev–Trinajstić information content (AvgIpc) is 2.48. The zero-order valence-corrected chi connectivity index (χ0v) is 12.0. The highest BCUT2D eigenvalue weighted by atomic mass is 16.5. The van der Waals surface area contributed by atoms with Crippen LogP contribution >= 0.6 is 0 Å². The topological polar surface area (TPSA) is 32.7 Å². The maximum absolute atomic E-state index is 10.3. The molecule has 1 N–H and O–H groups in total. The van der Waals surface area contributed by atoms with Crippen molar-refractivity contribution in [3.8, 4) is 5.75 Å². The van der Waals surface area contributed by atoms with Gasteiger partial charge in [-0.25, -0.2) is 0 Å². The molecule has 19 heavy (non-hydrogen) atoms. The lowest BCUT2D eigenvalue weighted by Crippen LogP contribution is -2.36. The van der Waals surface area contributed by atoms with Crippen LogP contribution in [0.2, 0.25) is 0 Å². The number of aliphatic hydroxyl groups is 1. The Bertz CT molecular complexity index is 388. The van der Waals surface area contributed by atoms with Gasteiger partial charge in [0.2, 0.25) is 0 Å². The van der Waals surface area contributed by atoms with Crippen LogP contribution < -0.4 is 4.74 Å². The van der Waals surface area contributed by atoms with E-state index in [1.54, 1.807) is 7.11 Å². The van der Waals surface area contributed by atoms with E-state index >= 15 is 0 Å². The summed E-state index contributed by atoms with van der Waals surface area (Å²) in [5.74, 6) is 0.803. The number of hydrogen-bond acceptors (Lipinski definition) is 3. The van der Waals surface area contributed by atoms with E-state index < -0.39 is 6.10 Å². The van der Waals surface area contributed by atoms with Crippen LogP contribution in [0.3, 0.4) is 0 Å². The van der Waals surface area contributed by atoms with Crippen molar-refractivity contribution in [2.75, 3.05) is 20.7 Å². The fourth-order valence-electron chi connectivity index (χ4n) is 2.90. The van der Waals surface area contributed by atoms with Gasteiger partial charge in [-0.2, -0.15) is 0 Å². The van der Waals surface area contributed by atoms with Crippen LogP contribution in [-0.4, -0.2) is 36.8 Å². The highest BCUT2D eigenvalue weighted by Crippen LogP contribution is 2.24. The van der Waals surface area contributed by atoms with Crippen LogP contribution in [0.4, 0.5) is 0 Å². The van der Waals surface area contributed by atoms with E-state index in [-0.39, 0.29) is 0 Å². The zero-order valence-electron chi connectivity index (χ0n) is 12.0. The fraction of sp³-hybridized carbons (Fsp3) is 0.625. The quantitative estimate of drug-likeness (QED) is 0.886. The van der Waals surface area contributed by atoms with E-state index in [9.17, 15) is 5.11 Å². The summed E-state index contributed by atoms with van der Waals surface area (Å²) >= 11 is 0. The largest absolute Gasteiger partial charge is 0.497 e. The maximum atomic E-state index is 10.3. The SMILES string of the molecule is COc1cccc(C(O)CN(C)C2CCCCC2)c1. The smallest absolute Gasteiger partial charge is 0.119 e. The van der Waals surface area contributed by atoms with E-state index in [0.29, 0.717) is 12.6 Å². The molecule has 0 bridgehead atoms. The van der Waals surface area contributed by atoms with Crippen LogP contribution in [0.5, 0.6) is 5.75 Å². The molecule has 3 nitrogen and oxygen atoms in total. The number of rotatable bonds is 5. The van der Waals surface area contributed by atoms with Gasteiger partial charge < -0.3 is 14.7 Å². The first-order chi connectivity index (χ1) is 9.20. The highest BCUT2D eigenvalue weighted by molar-refractivity contribution is 5.29. The van der Waals surface area contributed by atoms with Gasteiger partial charge in [-0.1, -0.05) is 31.4 Å². The Hall–Kier alpha value is -1.06. The minimum atomic E-state index is -0.443. The summed E-state index contributed by atoms with van der Waals surface area (Å²) in [5, 5.41) is 10.3. The molecule has 1 atom stereocenters. The monoisotopic (exact) mass is 263 g/mol. The molecule has 3 heteroatoms. The van der Waals surface area contributed by atoms with Gasteiger partial charge in [0.15, 0.2) is 0 Å². The molecule has 0 saturated heterocycles. The van der Waals surface area contributed by atoms with Crippen LogP contribution in [0.25, 0.3) is 0 Å². The molecule has 1 aromatic rings. The van der Waals surface area contributed by atoms with E-state index in [0.717, 1.165) is 11.3 Å². The molecule has 1 fully saturated rings. The Morgan fingerprint density at radius 1 is 1.32 bits per heavy atom. The van der Waals surface area contributed by atoms with Crippen molar-refractivity contribution < 1.29 is 9.84 Å². The van der Waals surface area contributed by atoms with Gasteiger partial charge in [-0.05, 0) is 37.6 Å². The fourth-order valence-corrected chi connectivity index (χ4v) is 2.90. The molecule has 2 rings (SSSR count). The third kappa shape index (κ3) is 3.95. The lowest BCUT2D eigenvalue weighted by Gasteiger charge is -2.32. The first kappa shape index (κ1) is 14.4. The molecular weight excluding hydrogens is 238 g/mol. The van der Waals surface area contributed by atoms with E-state index in [2.05, 4.69) is 11.9 Å². The number of likely N-dealkylation sites (N-methyl/N-ethyl adjacent to an activating group) is 1. The summed E-state index contributed by atoms with van der Waals surface area (Å²) in [6, 6.07) is 8.34. The second-order valence-electron chi connectivity index (χ2n) is 5.52. The predicted octanol–water partition coefficient (Wildman–Crippen LogP) is 2.99. The number of ether oxygens (including phenoxy) is 1. The number of aliphatic hydroxyl groups excluding tert-OH is 1. The summed E-state index contributed by atoms with van der Waals surface area (Å²) in [5.41, 5.74) is 0.932. The summed E-state index contributed by atoms with van der Waals surface area (Å²) in [6.45, 7) is 0.692. The Morgan fingerprint density at radius 2 is 2.05 bits per heavy atom. The van der Waals surface area contributed by atoms with Gasteiger partial charge in [0.05, 0.1) is 13.2 Å². The van der Waals surface area contributed by atoms with Gasteiger partial charge in [-0.15, -0.1) is 0 Å². The summed E-state index contributed by atoms with van der Waals surface area (Å²) in [4.78, 5) is 2.31. The first-order valence-electron chi connectivity index (χ1n) is 7.23. The van der Waals surface area contributed by atoms with E-state index in [4.69, 9.17) is 4.74 Å². The zero-order chi connectivity index (χ0) is 13.7. The van der Waals surface area contributed by atoms with Crippen molar-refractivity contribution in [2.24, 2.45) is 0 Å². The Morgan fingerprint density at radius 3 is 2.74 bits per heavy atom. The average molecular weight is 263 g/mol. The second kappa shape index (κ2) is 6.92. The molecular formula is C16H25NO2. The third-order valence-corrected chi connectivity index (χ3v) is 4.14. The molecule has 0 amide bonds. The van der Waals surface area contributed by atoms with Crippen molar-refractivity contribution in [1.29, 1.82) is 0 Å². The van der Waals surface area contributed by atoms with Crippen LogP contribution in [-0.2, 0) is 0 Å². The van der Waals surface area contributed by atoms with Gasteiger partial charge in [-0.3, -0.25) is 0 Å². The van der Waals surface area contributed by atoms with Crippen molar-refractivity contribution in [3.05, 3.63) is 29.8 Å². The molecule has 1 saturated carbocycles. The molecule has 0 radical (unpaired) electrons. The summed E-state index contributed by atoms with van der Waals surface area (Å²) < 4.78 is 5.20. The van der Waals surface area contributed by atoms with Gasteiger partial charge in [0.1, 0.15) is 5.75 Å². The van der Waals surface area contributed by atoms with Crippen LogP contribution in [0.1, 0.15) is 43.8 Å². The van der Waals surface area contributed by atoms with Gasteiger partial charge in [0.25, 0.3) is 0 Å². The molecule has 1 unspecified atom stereocenters. The molecule has 0 heterocycles. The second-order valence-corrected chi connectivity index (χ2v) is 5.52. The molecule has 0 aliphatic heterocycles. The van der Waals surface area contributed by atoms with Crippen molar-refractivity contribution in [2.45, 2.75) is 44.2 Å². The summed E-state index contributed by atoms with van der Waals surface area (Å²) in [6.07, 6.45) is 6.10. The standard InChI is InChI=1S/C16H25NO2/c1-17(14-8-4-3-5-9-14)12-16(18)13-7-6-10-15(11-13)19-2/h6-7,10-11,14,16,18H,3-5,8-9,12H2,1-2H3. The summed E-state index contributed by atoms with van der Waals surface area (Å²) in [7, 11) is 3.78. The van der Waals surface area contributed by atoms with Crippen LogP contribution in [0, 0.1) is 0 Å². The Labute approximate surface area is 116 Å². The minimum absolute atomic E-state index is 0.443. The van der Waals surface area contributed by atoms with Gasteiger partial charge >= 0.3 is 0 Å². The molecule has 106 valence electrons. The van der Waals surface area contributed by atoms with Crippen molar-refractivity contribution >= 4 is 0 Å². The predicted molar refractivity (Wildman–Crippen MR) is 77.5 cm³/mol. The van der Waals surface area contributed by atoms with Crippen molar-refractivity contribution in [3.63, 3.8) is 0 Å². The molecule has 1 aromatic carbocycles. The van der Waals surface area contributed by atoms with E-state index in [1.807, 2.05) is 24.3 Å². The van der Waals surface area contributed by atoms with E-state index in [1.165, 1.54) is 32.1 Å². The number of benzene rings is 1.